The quantitative estimate of drug-likeness (QED) is 0.313. The van der Waals surface area contributed by atoms with E-state index in [1.54, 1.807) is 37.4 Å². The first-order chi connectivity index (χ1) is 13.4. The van der Waals surface area contributed by atoms with Crippen LogP contribution in [0.5, 0.6) is 0 Å². The van der Waals surface area contributed by atoms with Crippen molar-refractivity contribution in [1.82, 2.24) is 20.5 Å². The van der Waals surface area contributed by atoms with E-state index in [-0.39, 0.29) is 29.9 Å². The number of amides is 1. The summed E-state index contributed by atoms with van der Waals surface area (Å²) in [4.78, 5) is 23.9. The molecule has 0 aliphatic rings. The van der Waals surface area contributed by atoms with Gasteiger partial charge in [-0.25, -0.2) is 4.98 Å². The first-order valence-corrected chi connectivity index (χ1v) is 10.5. The first-order valence-electron chi connectivity index (χ1n) is 9.64. The van der Waals surface area contributed by atoms with E-state index in [0.29, 0.717) is 0 Å². The van der Waals surface area contributed by atoms with Gasteiger partial charge in [0, 0.05) is 51.1 Å². The van der Waals surface area contributed by atoms with E-state index in [1.807, 2.05) is 24.3 Å². The number of nitrogens with zero attached hydrogens (tertiary/aromatic N) is 3. The van der Waals surface area contributed by atoms with Gasteiger partial charge in [-0.2, -0.15) is 0 Å². The Kier molecular flexibility index (Phi) is 11.2. The Hall–Kier alpha value is -1.68. The number of nitrogens with one attached hydrogen (secondary N) is 2. The highest BCUT2D eigenvalue weighted by molar-refractivity contribution is 14.0. The largest absolute Gasteiger partial charge is 0.356 e. The summed E-state index contributed by atoms with van der Waals surface area (Å²) >= 11 is 1.78. The molecule has 2 N–H and O–H groups in total. The molecule has 0 bridgehead atoms. The molecule has 0 unspecified atom stereocenters. The van der Waals surface area contributed by atoms with Crippen LogP contribution in [-0.4, -0.2) is 56.0 Å². The molecule has 160 valence electrons. The predicted octanol–water partition coefficient (Wildman–Crippen LogP) is 3.28. The third kappa shape index (κ3) is 7.93. The van der Waals surface area contributed by atoms with Crippen molar-refractivity contribution < 1.29 is 4.79 Å². The van der Waals surface area contributed by atoms with Crippen molar-refractivity contribution in [2.75, 3.05) is 34.2 Å². The second kappa shape index (κ2) is 12.8. The van der Waals surface area contributed by atoms with Crippen molar-refractivity contribution in [2.24, 2.45) is 4.99 Å². The number of thiazole rings is 1. The van der Waals surface area contributed by atoms with Crippen molar-refractivity contribution >= 4 is 47.2 Å². The smallest absolute Gasteiger partial charge is 0.253 e. The molecule has 6 nitrogen and oxygen atoms in total. The SMILES string of the molecule is CCc1nc(CCNC(=NC)NCCc2cccc(C(=O)N(C)C)c2)sc1C.I. The van der Waals surface area contributed by atoms with Crippen LogP contribution in [0.15, 0.2) is 29.3 Å². The maximum Gasteiger partial charge on any atom is 0.253 e. The highest BCUT2D eigenvalue weighted by Crippen LogP contribution is 2.17. The van der Waals surface area contributed by atoms with Crippen LogP contribution in [0.4, 0.5) is 0 Å². The van der Waals surface area contributed by atoms with Gasteiger partial charge in [-0.3, -0.25) is 9.79 Å². The number of guanidine groups is 1. The lowest BCUT2D eigenvalue weighted by Crippen LogP contribution is -2.39. The molecule has 0 saturated heterocycles. The molecule has 0 spiro atoms. The fraction of sp³-hybridized carbons (Fsp3) is 0.476. The summed E-state index contributed by atoms with van der Waals surface area (Å²) in [5, 5.41) is 7.84. The predicted molar refractivity (Wildman–Crippen MR) is 133 cm³/mol. The van der Waals surface area contributed by atoms with Crippen LogP contribution < -0.4 is 10.6 Å². The zero-order valence-electron chi connectivity index (χ0n) is 17.9. The number of rotatable bonds is 8. The second-order valence-corrected chi connectivity index (χ2v) is 8.08. The zero-order valence-corrected chi connectivity index (χ0v) is 21.1. The Morgan fingerprint density at radius 2 is 1.90 bits per heavy atom. The van der Waals surface area contributed by atoms with Crippen LogP contribution in [0.3, 0.4) is 0 Å². The minimum atomic E-state index is 0. The average Bonchev–Trinajstić information content (AvgIpc) is 3.05. The van der Waals surface area contributed by atoms with Gasteiger partial charge in [0.2, 0.25) is 0 Å². The molecule has 1 amide bonds. The molecule has 0 radical (unpaired) electrons. The molecular formula is C21H32IN5OS. The van der Waals surface area contributed by atoms with Crippen LogP contribution in [0.2, 0.25) is 0 Å². The van der Waals surface area contributed by atoms with Gasteiger partial charge in [0.1, 0.15) is 0 Å². The summed E-state index contributed by atoms with van der Waals surface area (Å²) in [5.74, 6) is 0.806. The summed E-state index contributed by atoms with van der Waals surface area (Å²) in [6.07, 6.45) is 2.70. The molecule has 1 aromatic carbocycles. The summed E-state index contributed by atoms with van der Waals surface area (Å²) in [6, 6.07) is 7.78. The molecule has 2 aromatic rings. The maximum atomic E-state index is 12.1. The fourth-order valence-corrected chi connectivity index (χ4v) is 3.90. The van der Waals surface area contributed by atoms with E-state index < -0.39 is 0 Å². The molecule has 0 atom stereocenters. The lowest BCUT2D eigenvalue weighted by molar-refractivity contribution is 0.0827. The third-order valence-corrected chi connectivity index (χ3v) is 5.49. The maximum absolute atomic E-state index is 12.1. The van der Waals surface area contributed by atoms with Gasteiger partial charge in [-0.1, -0.05) is 19.1 Å². The Labute approximate surface area is 195 Å². The summed E-state index contributed by atoms with van der Waals surface area (Å²) in [6.45, 7) is 5.81. The van der Waals surface area contributed by atoms with Gasteiger partial charge >= 0.3 is 0 Å². The first kappa shape index (κ1) is 25.4. The lowest BCUT2D eigenvalue weighted by Gasteiger charge is -2.13. The number of aryl methyl sites for hydroxylation is 2. The van der Waals surface area contributed by atoms with Crippen LogP contribution in [0.25, 0.3) is 0 Å². The van der Waals surface area contributed by atoms with Crippen molar-refractivity contribution in [2.45, 2.75) is 33.1 Å². The van der Waals surface area contributed by atoms with E-state index in [0.717, 1.165) is 49.4 Å². The number of carbonyl (C=O) groups is 1. The van der Waals surface area contributed by atoms with Gasteiger partial charge in [0.05, 0.1) is 10.7 Å². The molecule has 0 fully saturated rings. The van der Waals surface area contributed by atoms with E-state index in [1.165, 1.54) is 15.6 Å². The monoisotopic (exact) mass is 529 g/mol. The number of aliphatic imine (C=N–C) groups is 1. The summed E-state index contributed by atoms with van der Waals surface area (Å²) in [7, 11) is 5.30. The van der Waals surface area contributed by atoms with E-state index >= 15 is 0 Å². The van der Waals surface area contributed by atoms with Crippen LogP contribution in [0.1, 0.15) is 38.4 Å². The lowest BCUT2D eigenvalue weighted by atomic mass is 10.1. The topological polar surface area (TPSA) is 69.6 Å². The minimum Gasteiger partial charge on any atom is -0.356 e. The molecule has 1 aromatic heterocycles. The normalized spacial score (nSPS) is 11.0. The molecule has 8 heteroatoms. The van der Waals surface area contributed by atoms with Gasteiger partial charge in [0.25, 0.3) is 5.91 Å². The molecular weight excluding hydrogens is 497 g/mol. The van der Waals surface area contributed by atoms with Gasteiger partial charge in [-0.05, 0) is 37.5 Å². The number of hydrogen-bond acceptors (Lipinski definition) is 4. The highest BCUT2D eigenvalue weighted by atomic mass is 127. The fourth-order valence-electron chi connectivity index (χ4n) is 2.87. The molecule has 29 heavy (non-hydrogen) atoms. The average molecular weight is 529 g/mol. The Bertz CT molecular complexity index is 819. The molecule has 2 rings (SSSR count). The highest BCUT2D eigenvalue weighted by Gasteiger charge is 2.08. The summed E-state index contributed by atoms with van der Waals surface area (Å²) < 4.78 is 0. The van der Waals surface area contributed by atoms with Crippen molar-refractivity contribution in [1.29, 1.82) is 0 Å². The molecule has 0 saturated carbocycles. The minimum absolute atomic E-state index is 0. The number of carbonyl (C=O) groups excluding carboxylic acids is 1. The number of benzene rings is 1. The van der Waals surface area contributed by atoms with Crippen molar-refractivity contribution in [3.8, 4) is 0 Å². The van der Waals surface area contributed by atoms with Gasteiger partial charge in [-0.15, -0.1) is 35.3 Å². The third-order valence-electron chi connectivity index (χ3n) is 4.41. The Morgan fingerprint density at radius 1 is 1.21 bits per heavy atom. The van der Waals surface area contributed by atoms with Gasteiger partial charge < -0.3 is 15.5 Å². The number of hydrogen-bond donors (Lipinski definition) is 2. The van der Waals surface area contributed by atoms with Crippen LogP contribution in [-0.2, 0) is 19.3 Å². The van der Waals surface area contributed by atoms with Gasteiger partial charge in [0.15, 0.2) is 5.96 Å². The number of halogens is 1. The van der Waals surface area contributed by atoms with E-state index in [2.05, 4.69) is 34.5 Å². The molecule has 1 heterocycles. The Morgan fingerprint density at radius 3 is 2.48 bits per heavy atom. The van der Waals surface area contributed by atoms with Crippen molar-refractivity contribution in [3.05, 3.63) is 51.0 Å². The van der Waals surface area contributed by atoms with E-state index in [4.69, 9.17) is 0 Å². The zero-order chi connectivity index (χ0) is 20.5. The molecule has 0 aliphatic heterocycles. The summed E-state index contributed by atoms with van der Waals surface area (Å²) in [5.41, 5.74) is 3.05. The van der Waals surface area contributed by atoms with Crippen LogP contribution >= 0.6 is 35.3 Å². The Balaban J connectivity index is 0.00000420. The van der Waals surface area contributed by atoms with Crippen LogP contribution in [0, 0.1) is 6.92 Å². The number of aromatic nitrogens is 1. The second-order valence-electron chi connectivity index (χ2n) is 6.79. The standard InChI is InChI=1S/C21H31N5OS.HI/c1-6-18-15(2)28-19(25-18)11-13-24-21(22-3)23-12-10-16-8-7-9-17(14-16)20(27)26(4)5;/h7-9,14H,6,10-13H2,1-5H3,(H2,22,23,24);1H. The van der Waals surface area contributed by atoms with E-state index in [9.17, 15) is 4.79 Å². The van der Waals surface area contributed by atoms with Crippen molar-refractivity contribution in [3.63, 3.8) is 0 Å². The molecule has 0 aliphatic carbocycles.